The van der Waals surface area contributed by atoms with Crippen LogP contribution >= 0.6 is 0 Å². The molecule has 0 saturated heterocycles. The minimum atomic E-state index is -0.0590. The molecule has 1 aromatic rings. The maximum absolute atomic E-state index is 11.0. The fourth-order valence-corrected chi connectivity index (χ4v) is 1.56. The van der Waals surface area contributed by atoms with Gasteiger partial charge in [0, 0.05) is 18.7 Å². The third-order valence-electron chi connectivity index (χ3n) is 2.54. The van der Waals surface area contributed by atoms with Crippen LogP contribution in [0.1, 0.15) is 38.7 Å². The van der Waals surface area contributed by atoms with E-state index in [1.807, 2.05) is 25.1 Å². The molecule has 0 atom stereocenters. The van der Waals surface area contributed by atoms with Crippen LogP contribution in [0.4, 0.5) is 5.69 Å². The molecule has 0 saturated carbocycles. The summed E-state index contributed by atoms with van der Waals surface area (Å²) in [5, 5.41) is 2.80. The summed E-state index contributed by atoms with van der Waals surface area (Å²) < 4.78 is 5.63. The molecule has 1 aromatic carbocycles. The second-order valence-electron chi connectivity index (χ2n) is 4.21. The van der Waals surface area contributed by atoms with Crippen molar-refractivity contribution in [2.45, 2.75) is 40.0 Å². The Morgan fingerprint density at radius 3 is 2.76 bits per heavy atom. The van der Waals surface area contributed by atoms with Crippen molar-refractivity contribution in [2.24, 2.45) is 0 Å². The molecule has 0 fully saturated rings. The fraction of sp³-hybridized carbons (Fsp3) is 0.500. The Labute approximate surface area is 103 Å². The molecular weight excluding hydrogens is 214 g/mol. The number of benzene rings is 1. The first-order valence-electron chi connectivity index (χ1n) is 6.14. The van der Waals surface area contributed by atoms with Gasteiger partial charge in [0.15, 0.2) is 0 Å². The molecule has 3 nitrogen and oxygen atoms in total. The second-order valence-corrected chi connectivity index (χ2v) is 4.21. The van der Waals surface area contributed by atoms with Crippen LogP contribution in [0.2, 0.25) is 0 Å². The van der Waals surface area contributed by atoms with Gasteiger partial charge in [-0.1, -0.05) is 25.8 Å². The van der Waals surface area contributed by atoms with E-state index in [1.165, 1.54) is 19.8 Å². The molecule has 0 heterocycles. The Bertz CT molecular complexity index is 374. The molecule has 1 N–H and O–H groups in total. The highest BCUT2D eigenvalue weighted by Crippen LogP contribution is 2.22. The van der Waals surface area contributed by atoms with Crippen LogP contribution in [0.3, 0.4) is 0 Å². The van der Waals surface area contributed by atoms with E-state index in [1.54, 1.807) is 0 Å². The monoisotopic (exact) mass is 235 g/mol. The Morgan fingerprint density at radius 1 is 1.35 bits per heavy atom. The minimum absolute atomic E-state index is 0.0590. The SMILES string of the molecule is CCCCCOc1ccc(C)c(NC(C)=O)c1. The summed E-state index contributed by atoms with van der Waals surface area (Å²) in [6, 6.07) is 5.77. The maximum atomic E-state index is 11.0. The molecule has 1 rings (SSSR count). The maximum Gasteiger partial charge on any atom is 0.221 e. The van der Waals surface area contributed by atoms with E-state index < -0.39 is 0 Å². The minimum Gasteiger partial charge on any atom is -0.494 e. The lowest BCUT2D eigenvalue weighted by Gasteiger charge is -2.10. The standard InChI is InChI=1S/C14H21NO2/c1-4-5-6-9-17-13-8-7-11(2)14(10-13)15-12(3)16/h7-8,10H,4-6,9H2,1-3H3,(H,15,16). The van der Waals surface area contributed by atoms with Crippen molar-refractivity contribution < 1.29 is 9.53 Å². The number of ether oxygens (including phenoxy) is 1. The van der Waals surface area contributed by atoms with Gasteiger partial charge in [-0.3, -0.25) is 4.79 Å². The fourth-order valence-electron chi connectivity index (χ4n) is 1.56. The highest BCUT2D eigenvalue weighted by Gasteiger charge is 2.02. The number of hydrogen-bond acceptors (Lipinski definition) is 2. The van der Waals surface area contributed by atoms with E-state index in [2.05, 4.69) is 12.2 Å². The molecule has 0 spiro atoms. The predicted octanol–water partition coefficient (Wildman–Crippen LogP) is 3.52. The van der Waals surface area contributed by atoms with Gasteiger partial charge in [0.2, 0.25) is 5.91 Å². The second kappa shape index (κ2) is 6.94. The van der Waals surface area contributed by atoms with Crippen LogP contribution in [0.15, 0.2) is 18.2 Å². The summed E-state index contributed by atoms with van der Waals surface area (Å²) in [5.41, 5.74) is 1.87. The molecule has 0 radical (unpaired) electrons. The number of anilines is 1. The summed E-state index contributed by atoms with van der Waals surface area (Å²) in [6.07, 6.45) is 3.44. The van der Waals surface area contributed by atoms with Crippen LogP contribution in [0, 0.1) is 6.92 Å². The Morgan fingerprint density at radius 2 is 2.12 bits per heavy atom. The van der Waals surface area contributed by atoms with E-state index in [9.17, 15) is 4.79 Å². The third-order valence-corrected chi connectivity index (χ3v) is 2.54. The van der Waals surface area contributed by atoms with Gasteiger partial charge >= 0.3 is 0 Å². The average molecular weight is 235 g/mol. The van der Waals surface area contributed by atoms with Crippen molar-refractivity contribution >= 4 is 11.6 Å². The molecule has 0 aliphatic heterocycles. The molecular formula is C14H21NO2. The van der Waals surface area contributed by atoms with E-state index >= 15 is 0 Å². The van der Waals surface area contributed by atoms with Gasteiger partial charge in [-0.15, -0.1) is 0 Å². The number of nitrogens with one attached hydrogen (secondary N) is 1. The van der Waals surface area contributed by atoms with Gasteiger partial charge in [0.05, 0.1) is 6.61 Å². The van der Waals surface area contributed by atoms with E-state index in [-0.39, 0.29) is 5.91 Å². The molecule has 0 aromatic heterocycles. The predicted molar refractivity (Wildman–Crippen MR) is 70.5 cm³/mol. The first-order valence-corrected chi connectivity index (χ1v) is 6.14. The number of carbonyl (C=O) groups is 1. The van der Waals surface area contributed by atoms with Gasteiger partial charge in [0.25, 0.3) is 0 Å². The topological polar surface area (TPSA) is 38.3 Å². The average Bonchev–Trinajstić information content (AvgIpc) is 2.28. The van der Waals surface area contributed by atoms with E-state index in [4.69, 9.17) is 4.74 Å². The lowest BCUT2D eigenvalue weighted by Crippen LogP contribution is -2.07. The van der Waals surface area contributed by atoms with Crippen LogP contribution in [-0.2, 0) is 4.79 Å². The highest BCUT2D eigenvalue weighted by atomic mass is 16.5. The first kappa shape index (κ1) is 13.6. The molecule has 1 amide bonds. The normalized spacial score (nSPS) is 10.1. The zero-order chi connectivity index (χ0) is 12.7. The molecule has 0 bridgehead atoms. The molecule has 17 heavy (non-hydrogen) atoms. The van der Waals surface area contributed by atoms with Crippen molar-refractivity contribution in [1.82, 2.24) is 0 Å². The number of hydrogen-bond donors (Lipinski definition) is 1. The molecule has 3 heteroatoms. The number of aryl methyl sites for hydroxylation is 1. The largest absolute Gasteiger partial charge is 0.494 e. The smallest absolute Gasteiger partial charge is 0.221 e. The number of rotatable bonds is 6. The summed E-state index contributed by atoms with van der Waals surface area (Å²) >= 11 is 0. The number of carbonyl (C=O) groups excluding carboxylic acids is 1. The van der Waals surface area contributed by atoms with Crippen LogP contribution < -0.4 is 10.1 Å². The third kappa shape index (κ3) is 4.89. The first-order chi connectivity index (χ1) is 8.13. The lowest BCUT2D eigenvalue weighted by molar-refractivity contribution is -0.114. The van der Waals surface area contributed by atoms with Gasteiger partial charge in [-0.2, -0.15) is 0 Å². The zero-order valence-corrected chi connectivity index (χ0v) is 10.9. The Hall–Kier alpha value is -1.51. The summed E-state index contributed by atoms with van der Waals surface area (Å²) in [5.74, 6) is 0.756. The van der Waals surface area contributed by atoms with Gasteiger partial charge in [-0.05, 0) is 25.0 Å². The molecule has 0 aliphatic rings. The Balaban J connectivity index is 2.58. The molecule has 94 valence electrons. The van der Waals surface area contributed by atoms with Crippen LogP contribution in [0.5, 0.6) is 5.75 Å². The molecule has 0 aliphatic carbocycles. The summed E-state index contributed by atoms with van der Waals surface area (Å²) in [4.78, 5) is 11.0. The summed E-state index contributed by atoms with van der Waals surface area (Å²) in [6.45, 7) is 6.37. The van der Waals surface area contributed by atoms with Crippen molar-refractivity contribution in [1.29, 1.82) is 0 Å². The van der Waals surface area contributed by atoms with Gasteiger partial charge in [-0.25, -0.2) is 0 Å². The number of unbranched alkanes of at least 4 members (excludes halogenated alkanes) is 2. The quantitative estimate of drug-likeness (QED) is 0.766. The zero-order valence-electron chi connectivity index (χ0n) is 10.9. The van der Waals surface area contributed by atoms with Gasteiger partial charge < -0.3 is 10.1 Å². The van der Waals surface area contributed by atoms with Crippen molar-refractivity contribution in [2.75, 3.05) is 11.9 Å². The van der Waals surface area contributed by atoms with E-state index in [0.717, 1.165) is 30.0 Å². The Kier molecular flexibility index (Phi) is 5.53. The lowest BCUT2D eigenvalue weighted by atomic mass is 10.2. The van der Waals surface area contributed by atoms with E-state index in [0.29, 0.717) is 0 Å². The number of amides is 1. The van der Waals surface area contributed by atoms with Crippen LogP contribution in [-0.4, -0.2) is 12.5 Å². The van der Waals surface area contributed by atoms with Crippen molar-refractivity contribution in [3.8, 4) is 5.75 Å². The molecule has 0 unspecified atom stereocenters. The van der Waals surface area contributed by atoms with Gasteiger partial charge in [0.1, 0.15) is 5.75 Å². The highest BCUT2D eigenvalue weighted by molar-refractivity contribution is 5.89. The van der Waals surface area contributed by atoms with Crippen LogP contribution in [0.25, 0.3) is 0 Å². The van der Waals surface area contributed by atoms with Crippen molar-refractivity contribution in [3.63, 3.8) is 0 Å². The summed E-state index contributed by atoms with van der Waals surface area (Å²) in [7, 11) is 0. The van der Waals surface area contributed by atoms with Crippen molar-refractivity contribution in [3.05, 3.63) is 23.8 Å².